The Morgan fingerprint density at radius 1 is 1.12 bits per heavy atom. The Bertz CT molecular complexity index is 808. The minimum atomic E-state index is -0.553. The quantitative estimate of drug-likeness (QED) is 0.425. The lowest BCUT2D eigenvalue weighted by atomic mass is 10.2. The Balaban J connectivity index is 1.82. The van der Waals surface area contributed by atoms with Crippen molar-refractivity contribution < 1.29 is 14.3 Å². The first-order valence-electron chi connectivity index (χ1n) is 7.78. The molecule has 6 nitrogen and oxygen atoms in total. The van der Waals surface area contributed by atoms with Crippen molar-refractivity contribution in [2.24, 2.45) is 5.10 Å². The molecule has 26 heavy (non-hydrogen) atoms. The minimum absolute atomic E-state index is 0.334. The molecule has 0 aliphatic rings. The maximum atomic E-state index is 11.9. The molecule has 0 heterocycles. The summed E-state index contributed by atoms with van der Waals surface area (Å²) < 4.78 is 5.32. The highest BCUT2D eigenvalue weighted by Gasteiger charge is 2.09. The number of carbonyl (C=O) groups excluding carboxylic acids is 2. The Labute approximate surface area is 161 Å². The third-order valence-corrected chi connectivity index (χ3v) is 3.98. The number of nitrogens with zero attached hydrogens (tertiary/aromatic N) is 1. The van der Waals surface area contributed by atoms with Crippen molar-refractivity contribution in [2.45, 2.75) is 13.3 Å². The van der Waals surface area contributed by atoms with Crippen molar-refractivity contribution in [3.63, 3.8) is 0 Å². The minimum Gasteiger partial charge on any atom is -0.494 e. The van der Waals surface area contributed by atoms with Gasteiger partial charge in [-0.25, -0.2) is 5.43 Å². The summed E-state index contributed by atoms with van der Waals surface area (Å²) in [6, 6.07) is 11.9. The molecule has 0 spiro atoms. The fraction of sp³-hybridized carbons (Fsp3) is 0.167. The lowest BCUT2D eigenvalue weighted by Crippen LogP contribution is -2.24. The van der Waals surface area contributed by atoms with Gasteiger partial charge in [0.25, 0.3) is 0 Å². The highest BCUT2D eigenvalue weighted by Crippen LogP contribution is 2.24. The highest BCUT2D eigenvalue weighted by molar-refractivity contribution is 6.43. The van der Waals surface area contributed by atoms with E-state index in [1.54, 1.807) is 42.5 Å². The van der Waals surface area contributed by atoms with Crippen LogP contribution < -0.4 is 15.5 Å². The number of hydrogen-bond acceptors (Lipinski definition) is 4. The third kappa shape index (κ3) is 6.06. The topological polar surface area (TPSA) is 79.8 Å². The molecule has 2 amide bonds. The van der Waals surface area contributed by atoms with E-state index in [0.29, 0.717) is 33.7 Å². The molecule has 0 bridgehead atoms. The summed E-state index contributed by atoms with van der Waals surface area (Å²) in [5, 5.41) is 7.11. The molecular weight excluding hydrogens is 377 g/mol. The van der Waals surface area contributed by atoms with E-state index in [4.69, 9.17) is 27.9 Å². The smallest absolute Gasteiger partial charge is 0.249 e. The maximum absolute atomic E-state index is 11.9. The predicted molar refractivity (Wildman–Crippen MR) is 103 cm³/mol. The summed E-state index contributed by atoms with van der Waals surface area (Å²) in [7, 11) is 0. The first-order chi connectivity index (χ1) is 12.5. The van der Waals surface area contributed by atoms with Gasteiger partial charge < -0.3 is 10.1 Å². The van der Waals surface area contributed by atoms with Crippen molar-refractivity contribution in [3.05, 3.63) is 58.1 Å². The van der Waals surface area contributed by atoms with E-state index in [-0.39, 0.29) is 6.42 Å². The number of halogens is 2. The molecule has 0 radical (unpaired) electrons. The molecular formula is C18H17Cl2N3O3. The summed E-state index contributed by atoms with van der Waals surface area (Å²) >= 11 is 11.9. The Hall–Kier alpha value is -2.57. The fourth-order valence-electron chi connectivity index (χ4n) is 1.99. The molecule has 0 aromatic heterocycles. The van der Waals surface area contributed by atoms with Gasteiger partial charge in [0.2, 0.25) is 11.8 Å². The van der Waals surface area contributed by atoms with Crippen molar-refractivity contribution in [1.29, 1.82) is 0 Å². The molecule has 2 aromatic carbocycles. The first-order valence-corrected chi connectivity index (χ1v) is 8.54. The van der Waals surface area contributed by atoms with E-state index in [1.165, 1.54) is 6.21 Å². The number of ether oxygens (including phenoxy) is 1. The van der Waals surface area contributed by atoms with Crippen LogP contribution in [0, 0.1) is 0 Å². The summed E-state index contributed by atoms with van der Waals surface area (Å²) in [5.74, 6) is -0.303. The largest absolute Gasteiger partial charge is 0.494 e. The van der Waals surface area contributed by atoms with Gasteiger partial charge in [-0.3, -0.25) is 9.59 Å². The van der Waals surface area contributed by atoms with Gasteiger partial charge >= 0.3 is 0 Å². The van der Waals surface area contributed by atoms with Gasteiger partial charge in [-0.1, -0.05) is 35.3 Å². The normalized spacial score (nSPS) is 10.6. The lowest BCUT2D eigenvalue weighted by molar-refractivity contribution is -0.126. The van der Waals surface area contributed by atoms with Crippen molar-refractivity contribution in [1.82, 2.24) is 5.43 Å². The number of hydrogen-bond donors (Lipinski definition) is 2. The van der Waals surface area contributed by atoms with Gasteiger partial charge in [-0.2, -0.15) is 5.10 Å². The Morgan fingerprint density at radius 2 is 1.85 bits per heavy atom. The molecule has 0 aliphatic carbocycles. The van der Waals surface area contributed by atoms with E-state index in [2.05, 4.69) is 15.8 Å². The summed E-state index contributed by atoms with van der Waals surface area (Å²) in [5.41, 5.74) is 3.39. The van der Waals surface area contributed by atoms with Crippen LogP contribution in [0.1, 0.15) is 18.9 Å². The average molecular weight is 394 g/mol. The maximum Gasteiger partial charge on any atom is 0.249 e. The van der Waals surface area contributed by atoms with Gasteiger partial charge in [0.05, 0.1) is 22.9 Å². The van der Waals surface area contributed by atoms with E-state index in [9.17, 15) is 9.59 Å². The number of amides is 2. The van der Waals surface area contributed by atoms with Crippen molar-refractivity contribution in [2.75, 3.05) is 11.9 Å². The van der Waals surface area contributed by atoms with E-state index in [1.807, 2.05) is 6.92 Å². The SMILES string of the molecule is CCOc1ccc(NC(=O)CC(=O)NN=Cc2cccc(Cl)c2Cl)cc1. The van der Waals surface area contributed by atoms with E-state index in [0.717, 1.165) is 0 Å². The van der Waals surface area contributed by atoms with E-state index < -0.39 is 11.8 Å². The van der Waals surface area contributed by atoms with Crippen LogP contribution in [0.3, 0.4) is 0 Å². The second-order valence-electron chi connectivity index (χ2n) is 5.12. The average Bonchev–Trinajstić information content (AvgIpc) is 2.60. The van der Waals surface area contributed by atoms with Crippen LogP contribution in [0.15, 0.2) is 47.6 Å². The number of anilines is 1. The zero-order valence-corrected chi connectivity index (χ0v) is 15.5. The zero-order valence-electron chi connectivity index (χ0n) is 14.0. The molecule has 136 valence electrons. The molecule has 8 heteroatoms. The first kappa shape index (κ1) is 19.8. The monoisotopic (exact) mass is 393 g/mol. The van der Waals surface area contributed by atoms with Crippen LogP contribution >= 0.6 is 23.2 Å². The molecule has 0 unspecified atom stereocenters. The number of hydrazone groups is 1. The highest BCUT2D eigenvalue weighted by atomic mass is 35.5. The molecule has 0 fully saturated rings. The molecule has 0 atom stereocenters. The molecule has 0 saturated heterocycles. The van der Waals surface area contributed by atoms with Crippen LogP contribution in [0.2, 0.25) is 10.0 Å². The van der Waals surface area contributed by atoms with Gasteiger partial charge in [-0.05, 0) is 37.3 Å². The lowest BCUT2D eigenvalue weighted by Gasteiger charge is -2.06. The Kier molecular flexibility index (Phi) is 7.44. The Morgan fingerprint density at radius 3 is 2.54 bits per heavy atom. The predicted octanol–water partition coefficient (Wildman–Crippen LogP) is 3.87. The van der Waals surface area contributed by atoms with Crippen molar-refractivity contribution >= 4 is 46.9 Å². The van der Waals surface area contributed by atoms with Crippen LogP contribution in [-0.2, 0) is 9.59 Å². The van der Waals surface area contributed by atoms with Gasteiger partial charge in [0.1, 0.15) is 12.2 Å². The molecule has 0 aliphatic heterocycles. The van der Waals surface area contributed by atoms with Crippen LogP contribution in [0.25, 0.3) is 0 Å². The van der Waals surface area contributed by atoms with E-state index >= 15 is 0 Å². The molecule has 2 rings (SSSR count). The third-order valence-electron chi connectivity index (χ3n) is 3.14. The van der Waals surface area contributed by atoms with Gasteiger partial charge in [0.15, 0.2) is 0 Å². The number of rotatable bonds is 7. The fourth-order valence-corrected chi connectivity index (χ4v) is 2.34. The van der Waals surface area contributed by atoms with Gasteiger partial charge in [0, 0.05) is 11.3 Å². The molecule has 0 saturated carbocycles. The molecule has 2 N–H and O–H groups in total. The standard InChI is InChI=1S/C18H17Cl2N3O3/c1-2-26-14-8-6-13(7-9-14)22-16(24)10-17(25)23-21-11-12-4-3-5-15(19)18(12)20/h3-9,11H,2,10H2,1H3,(H,22,24)(H,23,25). The number of nitrogens with one attached hydrogen (secondary N) is 2. The van der Waals surface area contributed by atoms with Crippen molar-refractivity contribution in [3.8, 4) is 5.75 Å². The molecule has 2 aromatic rings. The van der Waals surface area contributed by atoms with Gasteiger partial charge in [-0.15, -0.1) is 0 Å². The number of benzene rings is 2. The number of carbonyl (C=O) groups is 2. The van der Waals surface area contributed by atoms with Crippen LogP contribution in [0.5, 0.6) is 5.75 Å². The summed E-state index contributed by atoms with van der Waals surface area (Å²) in [6.07, 6.45) is 0.990. The second-order valence-corrected chi connectivity index (χ2v) is 5.90. The van der Waals surface area contributed by atoms with Crippen LogP contribution in [-0.4, -0.2) is 24.6 Å². The second kappa shape index (κ2) is 9.79. The summed E-state index contributed by atoms with van der Waals surface area (Å²) in [6.45, 7) is 2.45. The summed E-state index contributed by atoms with van der Waals surface area (Å²) in [4.78, 5) is 23.6. The zero-order chi connectivity index (χ0) is 18.9. The van der Waals surface area contributed by atoms with Crippen LogP contribution in [0.4, 0.5) is 5.69 Å².